The number of hydrogen-bond donors (Lipinski definition) is 2. The average molecular weight is 313 g/mol. The van der Waals surface area contributed by atoms with Crippen LogP contribution >= 0.6 is 15.9 Å². The van der Waals surface area contributed by atoms with Crippen molar-refractivity contribution in [3.8, 4) is 0 Å². The minimum absolute atomic E-state index is 0.0321. The molecule has 0 aromatic heterocycles. The van der Waals surface area contributed by atoms with Gasteiger partial charge >= 0.3 is 0 Å². The van der Waals surface area contributed by atoms with Crippen molar-refractivity contribution in [2.45, 2.75) is 6.43 Å². The Morgan fingerprint density at radius 2 is 2.06 bits per heavy atom. The van der Waals surface area contributed by atoms with E-state index in [1.807, 2.05) is 0 Å². The van der Waals surface area contributed by atoms with Crippen LogP contribution in [0, 0.1) is 5.82 Å². The number of halogens is 4. The highest BCUT2D eigenvalue weighted by Crippen LogP contribution is 2.29. The van der Waals surface area contributed by atoms with Gasteiger partial charge in [-0.1, -0.05) is 0 Å². The van der Waals surface area contributed by atoms with E-state index in [-0.39, 0.29) is 29.0 Å². The maximum absolute atomic E-state index is 13.3. The van der Waals surface area contributed by atoms with E-state index in [4.69, 9.17) is 10.8 Å². The molecule has 0 bridgehead atoms. The van der Waals surface area contributed by atoms with Crippen LogP contribution in [0.5, 0.6) is 0 Å². The lowest BCUT2D eigenvalue weighted by molar-refractivity contribution is 0.153. The van der Waals surface area contributed by atoms with Gasteiger partial charge in [0.25, 0.3) is 6.43 Å². The predicted molar refractivity (Wildman–Crippen MR) is 63.8 cm³/mol. The molecule has 0 saturated carbocycles. The van der Waals surface area contributed by atoms with E-state index in [2.05, 4.69) is 15.9 Å². The second-order valence-electron chi connectivity index (χ2n) is 3.39. The zero-order valence-electron chi connectivity index (χ0n) is 8.84. The molecule has 0 atom stereocenters. The molecule has 0 fully saturated rings. The zero-order chi connectivity index (χ0) is 13.0. The van der Waals surface area contributed by atoms with Crippen molar-refractivity contribution in [2.24, 2.45) is 0 Å². The molecule has 0 unspecified atom stereocenters. The predicted octanol–water partition coefficient (Wildman–Crippen LogP) is 2.23. The lowest BCUT2D eigenvalue weighted by Crippen LogP contribution is -2.32. The number of aliphatic hydroxyl groups is 1. The van der Waals surface area contributed by atoms with Crippen molar-refractivity contribution in [2.75, 3.05) is 30.3 Å². The first-order valence-electron chi connectivity index (χ1n) is 4.84. The zero-order valence-corrected chi connectivity index (χ0v) is 10.4. The molecule has 3 nitrogen and oxygen atoms in total. The van der Waals surface area contributed by atoms with Crippen molar-refractivity contribution >= 4 is 27.3 Å². The van der Waals surface area contributed by atoms with Gasteiger partial charge < -0.3 is 15.7 Å². The molecule has 0 aliphatic carbocycles. The van der Waals surface area contributed by atoms with Crippen LogP contribution < -0.4 is 10.6 Å². The molecule has 17 heavy (non-hydrogen) atoms. The van der Waals surface area contributed by atoms with Crippen LogP contribution in [0.25, 0.3) is 0 Å². The van der Waals surface area contributed by atoms with Crippen LogP contribution in [-0.4, -0.2) is 31.2 Å². The molecule has 0 spiro atoms. The number of rotatable bonds is 5. The number of alkyl halides is 2. The van der Waals surface area contributed by atoms with Gasteiger partial charge in [-0.15, -0.1) is 0 Å². The Kier molecular flexibility index (Phi) is 5.07. The first-order valence-corrected chi connectivity index (χ1v) is 5.63. The highest BCUT2D eigenvalue weighted by atomic mass is 79.9. The van der Waals surface area contributed by atoms with E-state index >= 15 is 0 Å². The summed E-state index contributed by atoms with van der Waals surface area (Å²) < 4.78 is 38.2. The Morgan fingerprint density at radius 3 is 2.59 bits per heavy atom. The summed E-state index contributed by atoms with van der Waals surface area (Å²) in [6.45, 7) is -0.953. The van der Waals surface area contributed by atoms with Crippen molar-refractivity contribution in [3.63, 3.8) is 0 Å². The number of nitrogen functional groups attached to an aromatic ring is 1. The number of nitrogens with zero attached hydrogens (tertiary/aromatic N) is 1. The van der Waals surface area contributed by atoms with E-state index in [9.17, 15) is 13.2 Å². The van der Waals surface area contributed by atoms with Gasteiger partial charge in [0.05, 0.1) is 29.0 Å². The number of benzene rings is 1. The van der Waals surface area contributed by atoms with Crippen molar-refractivity contribution < 1.29 is 18.3 Å². The van der Waals surface area contributed by atoms with Gasteiger partial charge in [-0.3, -0.25) is 0 Å². The van der Waals surface area contributed by atoms with Crippen LogP contribution in [-0.2, 0) is 0 Å². The molecular formula is C10H12BrF3N2O. The van der Waals surface area contributed by atoms with Crippen LogP contribution in [0.4, 0.5) is 24.5 Å². The van der Waals surface area contributed by atoms with Crippen molar-refractivity contribution in [1.82, 2.24) is 0 Å². The fourth-order valence-electron chi connectivity index (χ4n) is 1.42. The fraction of sp³-hybridized carbons (Fsp3) is 0.400. The summed E-state index contributed by atoms with van der Waals surface area (Å²) in [7, 11) is 0. The second kappa shape index (κ2) is 6.11. The average Bonchev–Trinajstić information content (AvgIpc) is 2.22. The first kappa shape index (κ1) is 14.1. The summed E-state index contributed by atoms with van der Waals surface area (Å²) in [6, 6.07) is 2.37. The highest BCUT2D eigenvalue weighted by molar-refractivity contribution is 9.10. The maximum atomic E-state index is 13.3. The summed E-state index contributed by atoms with van der Waals surface area (Å²) in [5.41, 5.74) is 5.96. The molecule has 1 aromatic rings. The van der Waals surface area contributed by atoms with Crippen molar-refractivity contribution in [1.29, 1.82) is 0 Å². The molecule has 96 valence electrons. The van der Waals surface area contributed by atoms with Crippen LogP contribution in [0.3, 0.4) is 0 Å². The monoisotopic (exact) mass is 312 g/mol. The van der Waals surface area contributed by atoms with Gasteiger partial charge in [-0.05, 0) is 22.0 Å². The van der Waals surface area contributed by atoms with E-state index in [0.717, 1.165) is 11.0 Å². The standard InChI is InChI=1S/C10H12BrF3N2O/c11-6-3-8(15)9(4-7(6)12)16(1-2-17)5-10(13)14/h3-4,10,17H,1-2,5,15H2. The summed E-state index contributed by atoms with van der Waals surface area (Å²) in [6.07, 6.45) is -2.59. The molecule has 0 aliphatic rings. The maximum Gasteiger partial charge on any atom is 0.255 e. The summed E-state index contributed by atoms with van der Waals surface area (Å²) in [5.74, 6) is -0.591. The Labute approximate surface area is 105 Å². The van der Waals surface area contributed by atoms with Gasteiger partial charge in [0, 0.05) is 12.6 Å². The smallest absolute Gasteiger partial charge is 0.255 e. The summed E-state index contributed by atoms with van der Waals surface area (Å²) in [5, 5.41) is 8.80. The minimum atomic E-state index is -2.59. The van der Waals surface area contributed by atoms with Gasteiger partial charge in [-0.2, -0.15) is 0 Å². The molecule has 0 amide bonds. The first-order chi connectivity index (χ1) is 7.95. The minimum Gasteiger partial charge on any atom is -0.397 e. The SMILES string of the molecule is Nc1cc(Br)c(F)cc1N(CCO)CC(F)F. The summed E-state index contributed by atoms with van der Waals surface area (Å²) >= 11 is 2.95. The Morgan fingerprint density at radius 1 is 1.41 bits per heavy atom. The van der Waals surface area contributed by atoms with Crippen LogP contribution in [0.2, 0.25) is 0 Å². The fourth-order valence-corrected chi connectivity index (χ4v) is 1.78. The molecule has 0 saturated heterocycles. The second-order valence-corrected chi connectivity index (χ2v) is 4.24. The lowest BCUT2D eigenvalue weighted by atomic mass is 10.2. The van der Waals surface area contributed by atoms with Gasteiger partial charge in [0.1, 0.15) is 5.82 Å². The largest absolute Gasteiger partial charge is 0.397 e. The molecule has 3 N–H and O–H groups in total. The number of hydrogen-bond acceptors (Lipinski definition) is 3. The van der Waals surface area contributed by atoms with Gasteiger partial charge in [0.2, 0.25) is 0 Å². The Hall–Kier alpha value is -0.950. The normalized spacial score (nSPS) is 10.9. The van der Waals surface area contributed by atoms with Gasteiger partial charge in [-0.25, -0.2) is 13.2 Å². The number of anilines is 2. The molecule has 0 radical (unpaired) electrons. The quantitative estimate of drug-likeness (QED) is 0.820. The van der Waals surface area contributed by atoms with Crippen LogP contribution in [0.15, 0.2) is 16.6 Å². The molecule has 0 aliphatic heterocycles. The Balaban J connectivity index is 3.04. The van der Waals surface area contributed by atoms with Gasteiger partial charge in [0.15, 0.2) is 0 Å². The van der Waals surface area contributed by atoms with E-state index in [1.54, 1.807) is 0 Å². The molecule has 1 aromatic carbocycles. The summed E-state index contributed by atoms with van der Waals surface area (Å²) in [4.78, 5) is 1.15. The highest BCUT2D eigenvalue weighted by Gasteiger charge is 2.16. The van der Waals surface area contributed by atoms with Crippen molar-refractivity contribution in [3.05, 3.63) is 22.4 Å². The molecule has 7 heteroatoms. The third-order valence-electron chi connectivity index (χ3n) is 2.14. The topological polar surface area (TPSA) is 49.5 Å². The third kappa shape index (κ3) is 3.78. The lowest BCUT2D eigenvalue weighted by Gasteiger charge is -2.25. The number of nitrogens with two attached hydrogens (primary N) is 1. The number of aliphatic hydroxyl groups excluding tert-OH is 1. The third-order valence-corrected chi connectivity index (χ3v) is 2.75. The van der Waals surface area contributed by atoms with Crippen LogP contribution in [0.1, 0.15) is 0 Å². The Bertz CT molecular complexity index is 390. The van der Waals surface area contributed by atoms with E-state index in [1.165, 1.54) is 6.07 Å². The molecule has 1 rings (SSSR count). The molecule has 0 heterocycles. The van der Waals surface area contributed by atoms with E-state index in [0.29, 0.717) is 0 Å². The van der Waals surface area contributed by atoms with E-state index < -0.39 is 18.8 Å². The molecular weight excluding hydrogens is 301 g/mol.